The summed E-state index contributed by atoms with van der Waals surface area (Å²) in [7, 11) is 1.95. The van der Waals surface area contributed by atoms with E-state index in [2.05, 4.69) is 39.1 Å². The van der Waals surface area contributed by atoms with Gasteiger partial charge in [0.05, 0.1) is 6.61 Å². The normalized spacial score (nSPS) is 37.1. The molecule has 5 heteroatoms. The predicted octanol–water partition coefficient (Wildman–Crippen LogP) is 6.80. The van der Waals surface area contributed by atoms with E-state index >= 15 is 0 Å². The van der Waals surface area contributed by atoms with Crippen molar-refractivity contribution in [2.75, 3.05) is 33.3 Å². The van der Waals surface area contributed by atoms with E-state index in [9.17, 15) is 4.79 Å². The molecule has 212 valence electrons. The molecule has 4 rings (SSSR count). The zero-order chi connectivity index (χ0) is 26.6. The lowest BCUT2D eigenvalue weighted by Gasteiger charge is -2.58. The molecule has 0 aromatic rings. The van der Waals surface area contributed by atoms with Crippen LogP contribution < -0.4 is 5.32 Å². The Bertz CT molecular complexity index is 797. The molecule has 0 heterocycles. The second-order valence-electron chi connectivity index (χ2n) is 14.0. The number of fused-ring (bicyclic) bond motifs is 5. The lowest BCUT2D eigenvalue weighted by molar-refractivity contribution is -0.0519. The third kappa shape index (κ3) is 6.40. The summed E-state index contributed by atoms with van der Waals surface area (Å²) < 4.78 is 5.87. The summed E-state index contributed by atoms with van der Waals surface area (Å²) in [5.41, 5.74) is 2.43. The van der Waals surface area contributed by atoms with Crippen molar-refractivity contribution in [1.82, 2.24) is 10.2 Å². The maximum Gasteiger partial charge on any atom is 0.407 e. The fourth-order valence-electron chi connectivity index (χ4n) is 9.08. The highest BCUT2D eigenvalue weighted by atomic mass is 16.6. The minimum Gasteiger partial charge on any atom is -0.446 e. The number of carbonyl (C=O) groups excluding carboxylic acids is 1. The number of hydrogen-bond acceptors (Lipinski definition) is 4. The van der Waals surface area contributed by atoms with Gasteiger partial charge in [0.15, 0.2) is 0 Å². The molecule has 0 aromatic carbocycles. The van der Waals surface area contributed by atoms with E-state index in [1.165, 1.54) is 57.8 Å². The van der Waals surface area contributed by atoms with Gasteiger partial charge in [0.2, 0.25) is 0 Å². The number of hydrogen-bond donors (Lipinski definition) is 2. The van der Waals surface area contributed by atoms with Crippen LogP contribution in [-0.4, -0.2) is 55.5 Å². The Hall–Kier alpha value is -1.07. The highest BCUT2D eigenvalue weighted by Gasteiger charge is 2.58. The number of carbonyl (C=O) groups is 1. The zero-order valence-corrected chi connectivity index (χ0v) is 24.6. The molecule has 7 unspecified atom stereocenters. The van der Waals surface area contributed by atoms with E-state index in [0.717, 1.165) is 48.9 Å². The smallest absolute Gasteiger partial charge is 0.407 e. The molecule has 4 aliphatic rings. The largest absolute Gasteiger partial charge is 0.446 e. The summed E-state index contributed by atoms with van der Waals surface area (Å²) in [4.78, 5) is 14.4. The van der Waals surface area contributed by atoms with Crippen molar-refractivity contribution in [2.45, 2.75) is 111 Å². The van der Waals surface area contributed by atoms with Crippen molar-refractivity contribution < 1.29 is 14.6 Å². The molecule has 0 aliphatic heterocycles. The molecule has 7 atom stereocenters. The van der Waals surface area contributed by atoms with Gasteiger partial charge in [0.1, 0.15) is 6.10 Å². The number of alkyl carbamates (subject to hydrolysis) is 1. The number of rotatable bonds is 11. The van der Waals surface area contributed by atoms with E-state index < -0.39 is 0 Å². The second kappa shape index (κ2) is 12.4. The van der Waals surface area contributed by atoms with Crippen LogP contribution in [0.15, 0.2) is 11.6 Å². The summed E-state index contributed by atoms with van der Waals surface area (Å²) in [5.74, 6) is 4.34. The molecule has 0 bridgehead atoms. The number of allylic oxidation sites excluding steroid dienone is 1. The number of likely N-dealkylation sites (N-methyl/N-ethyl adjacent to an activating group) is 1. The van der Waals surface area contributed by atoms with Gasteiger partial charge in [-0.15, -0.1) is 0 Å². The SMILES string of the molecule is CC(C)CCCCC1CCC2C3CC=C4CC(OC(=O)NCCN(C)CCO)CCC4(C)C3CCC12C. The number of nitrogens with one attached hydrogen (secondary N) is 1. The third-order valence-corrected chi connectivity index (χ3v) is 11.4. The number of unbranched alkanes of at least 4 members (excludes halogenated alkanes) is 1. The number of nitrogens with zero attached hydrogens (tertiary/aromatic N) is 1. The number of amides is 1. The fourth-order valence-corrected chi connectivity index (χ4v) is 9.08. The molecule has 0 saturated heterocycles. The van der Waals surface area contributed by atoms with Gasteiger partial charge in [-0.25, -0.2) is 4.79 Å². The van der Waals surface area contributed by atoms with E-state index in [1.807, 2.05) is 11.9 Å². The third-order valence-electron chi connectivity index (χ3n) is 11.4. The minimum atomic E-state index is -0.292. The van der Waals surface area contributed by atoms with Crippen molar-refractivity contribution in [1.29, 1.82) is 0 Å². The van der Waals surface area contributed by atoms with Gasteiger partial charge < -0.3 is 20.1 Å². The van der Waals surface area contributed by atoms with E-state index in [-0.39, 0.29) is 18.8 Å². The Morgan fingerprint density at radius 3 is 2.70 bits per heavy atom. The Labute approximate surface area is 227 Å². The van der Waals surface area contributed by atoms with Crippen LogP contribution in [0.1, 0.15) is 105 Å². The van der Waals surface area contributed by atoms with Gasteiger partial charge in [-0.2, -0.15) is 0 Å². The lowest BCUT2D eigenvalue weighted by atomic mass is 9.47. The zero-order valence-electron chi connectivity index (χ0n) is 24.6. The summed E-state index contributed by atoms with van der Waals surface area (Å²) in [6, 6.07) is 0. The van der Waals surface area contributed by atoms with E-state index in [4.69, 9.17) is 9.84 Å². The van der Waals surface area contributed by atoms with Crippen molar-refractivity contribution in [2.24, 2.45) is 40.4 Å². The molecule has 0 radical (unpaired) electrons. The number of aliphatic hydroxyl groups excluding tert-OH is 1. The molecular weight excluding hydrogens is 460 g/mol. The second-order valence-corrected chi connectivity index (χ2v) is 14.0. The molecule has 3 saturated carbocycles. The highest BCUT2D eigenvalue weighted by molar-refractivity contribution is 5.67. The van der Waals surface area contributed by atoms with Crippen molar-refractivity contribution >= 4 is 6.09 Å². The first-order chi connectivity index (χ1) is 17.7. The topological polar surface area (TPSA) is 61.8 Å². The molecule has 1 amide bonds. The predicted molar refractivity (Wildman–Crippen MR) is 151 cm³/mol. The first-order valence-electron chi connectivity index (χ1n) is 15.6. The monoisotopic (exact) mass is 516 g/mol. The quantitative estimate of drug-likeness (QED) is 0.234. The van der Waals surface area contributed by atoms with Crippen LogP contribution in [-0.2, 0) is 4.74 Å². The molecule has 37 heavy (non-hydrogen) atoms. The van der Waals surface area contributed by atoms with Gasteiger partial charge in [-0.05, 0) is 98.8 Å². The maximum absolute atomic E-state index is 12.4. The minimum absolute atomic E-state index is 0.00148. The van der Waals surface area contributed by atoms with Crippen LogP contribution in [0.2, 0.25) is 0 Å². The van der Waals surface area contributed by atoms with Crippen LogP contribution in [0, 0.1) is 40.4 Å². The van der Waals surface area contributed by atoms with Crippen molar-refractivity contribution in [3.63, 3.8) is 0 Å². The van der Waals surface area contributed by atoms with Crippen molar-refractivity contribution in [3.8, 4) is 0 Å². The average Bonchev–Trinajstić information content (AvgIpc) is 3.18. The van der Waals surface area contributed by atoms with Gasteiger partial charge in [-0.1, -0.05) is 58.6 Å². The molecule has 3 fully saturated rings. The number of ether oxygens (including phenoxy) is 1. The molecule has 0 spiro atoms. The summed E-state index contributed by atoms with van der Waals surface area (Å²) in [6.07, 6.45) is 18.0. The molecule has 5 nitrogen and oxygen atoms in total. The van der Waals surface area contributed by atoms with Gasteiger partial charge >= 0.3 is 6.09 Å². The Balaban J connectivity index is 1.31. The Morgan fingerprint density at radius 1 is 1.14 bits per heavy atom. The van der Waals surface area contributed by atoms with E-state index in [0.29, 0.717) is 30.5 Å². The Kier molecular flexibility index (Phi) is 9.70. The Morgan fingerprint density at radius 2 is 1.95 bits per heavy atom. The number of aliphatic hydroxyl groups is 1. The van der Waals surface area contributed by atoms with Crippen LogP contribution >= 0.6 is 0 Å². The van der Waals surface area contributed by atoms with Gasteiger partial charge in [0.25, 0.3) is 0 Å². The standard InChI is InChI=1S/C32H56N2O3/c1-23(2)8-6-7-9-24-11-13-28-27-12-10-25-22-26(37-30(36)33-18-19-34(5)20-21-35)14-16-32(25,4)29(27)15-17-31(24,28)3/h10,23-24,26-29,35H,6-9,11-22H2,1-5H3,(H,33,36). The van der Waals surface area contributed by atoms with Crippen LogP contribution in [0.4, 0.5) is 4.79 Å². The summed E-state index contributed by atoms with van der Waals surface area (Å²) in [6.45, 7) is 11.9. The molecular formula is C32H56N2O3. The highest BCUT2D eigenvalue weighted by Crippen LogP contribution is 2.66. The lowest BCUT2D eigenvalue weighted by Crippen LogP contribution is -2.50. The molecule has 0 aromatic heterocycles. The van der Waals surface area contributed by atoms with Gasteiger partial charge in [-0.3, -0.25) is 0 Å². The molecule has 2 N–H and O–H groups in total. The first-order valence-corrected chi connectivity index (χ1v) is 15.6. The van der Waals surface area contributed by atoms with Gasteiger partial charge in [0, 0.05) is 26.1 Å². The fraction of sp³-hybridized carbons (Fsp3) is 0.906. The van der Waals surface area contributed by atoms with Crippen molar-refractivity contribution in [3.05, 3.63) is 11.6 Å². The first kappa shape index (κ1) is 28.9. The van der Waals surface area contributed by atoms with E-state index in [1.54, 1.807) is 5.57 Å². The van der Waals surface area contributed by atoms with Crippen LogP contribution in [0.3, 0.4) is 0 Å². The summed E-state index contributed by atoms with van der Waals surface area (Å²) in [5, 5.41) is 11.9. The maximum atomic E-state index is 12.4. The summed E-state index contributed by atoms with van der Waals surface area (Å²) >= 11 is 0. The average molecular weight is 517 g/mol. The van der Waals surface area contributed by atoms with Crippen LogP contribution in [0.25, 0.3) is 0 Å². The molecule has 4 aliphatic carbocycles. The van der Waals surface area contributed by atoms with Crippen LogP contribution in [0.5, 0.6) is 0 Å².